The number of urea groups is 1. The van der Waals surface area contributed by atoms with E-state index in [4.69, 9.17) is 0 Å². The van der Waals surface area contributed by atoms with Crippen molar-refractivity contribution in [2.75, 3.05) is 6.54 Å². The minimum absolute atomic E-state index is 0.188. The summed E-state index contributed by atoms with van der Waals surface area (Å²) in [5, 5.41) is 11.8. The van der Waals surface area contributed by atoms with E-state index in [0.29, 0.717) is 6.54 Å². The molecule has 18 heavy (non-hydrogen) atoms. The quantitative estimate of drug-likeness (QED) is 0.794. The summed E-state index contributed by atoms with van der Waals surface area (Å²) in [6.07, 6.45) is 3.11. The molecule has 0 aliphatic carbocycles. The lowest BCUT2D eigenvalue weighted by molar-refractivity contribution is -0.142. The van der Waals surface area contributed by atoms with Crippen molar-refractivity contribution in [2.45, 2.75) is 59.0 Å². The molecule has 1 rings (SSSR count). The molecule has 104 valence electrons. The van der Waals surface area contributed by atoms with Crippen LogP contribution in [0.5, 0.6) is 0 Å². The summed E-state index contributed by atoms with van der Waals surface area (Å²) in [4.78, 5) is 25.1. The van der Waals surface area contributed by atoms with Gasteiger partial charge in [0, 0.05) is 12.6 Å². The molecule has 0 saturated carbocycles. The van der Waals surface area contributed by atoms with Crippen molar-refractivity contribution in [3.8, 4) is 0 Å². The first-order chi connectivity index (χ1) is 8.23. The Labute approximate surface area is 109 Å². The Morgan fingerprint density at radius 1 is 1.33 bits per heavy atom. The molecule has 2 atom stereocenters. The number of likely N-dealkylation sites (tertiary alicyclic amines) is 1. The first-order valence-corrected chi connectivity index (χ1v) is 6.53. The van der Waals surface area contributed by atoms with E-state index in [1.807, 2.05) is 27.7 Å². The van der Waals surface area contributed by atoms with Gasteiger partial charge in [-0.15, -0.1) is 0 Å². The molecule has 1 aliphatic heterocycles. The molecule has 0 spiro atoms. The van der Waals surface area contributed by atoms with E-state index in [1.165, 1.54) is 0 Å². The number of hydrogen-bond donors (Lipinski definition) is 2. The van der Waals surface area contributed by atoms with Gasteiger partial charge in [-0.3, -0.25) is 0 Å². The van der Waals surface area contributed by atoms with E-state index in [9.17, 15) is 14.7 Å². The normalized spacial score (nSPS) is 22.4. The summed E-state index contributed by atoms with van der Waals surface area (Å²) in [5.41, 5.74) is -0.499. The Morgan fingerprint density at radius 3 is 2.39 bits per heavy atom. The summed E-state index contributed by atoms with van der Waals surface area (Å²) >= 11 is 0. The molecule has 1 fully saturated rings. The highest BCUT2D eigenvalue weighted by molar-refractivity contribution is 5.83. The molecule has 5 nitrogen and oxygen atoms in total. The van der Waals surface area contributed by atoms with Crippen LogP contribution in [0.15, 0.2) is 0 Å². The maximum atomic E-state index is 12.1. The molecule has 0 bridgehead atoms. The Kier molecular flexibility index (Phi) is 4.59. The Morgan fingerprint density at radius 2 is 1.94 bits per heavy atom. The zero-order valence-electron chi connectivity index (χ0n) is 11.7. The number of aliphatic carboxylic acids is 1. The summed E-state index contributed by atoms with van der Waals surface area (Å²) in [6, 6.07) is -0.934. The number of carbonyl (C=O) groups is 2. The molecule has 1 heterocycles. The number of carbonyl (C=O) groups excluding carboxylic acids is 1. The highest BCUT2D eigenvalue weighted by Gasteiger charge is 2.34. The van der Waals surface area contributed by atoms with Gasteiger partial charge >= 0.3 is 12.0 Å². The molecule has 5 heteroatoms. The summed E-state index contributed by atoms with van der Waals surface area (Å²) in [7, 11) is 0. The second kappa shape index (κ2) is 5.59. The lowest BCUT2D eigenvalue weighted by Crippen LogP contribution is -2.55. The van der Waals surface area contributed by atoms with Gasteiger partial charge in [-0.25, -0.2) is 9.59 Å². The van der Waals surface area contributed by atoms with Crippen LogP contribution in [-0.4, -0.2) is 40.6 Å². The number of nitrogens with zero attached hydrogens (tertiary/aromatic N) is 1. The maximum absolute atomic E-state index is 12.1. The molecule has 2 amide bonds. The van der Waals surface area contributed by atoms with Gasteiger partial charge < -0.3 is 15.3 Å². The van der Waals surface area contributed by atoms with Crippen LogP contribution in [0.2, 0.25) is 0 Å². The van der Waals surface area contributed by atoms with E-state index in [0.717, 1.165) is 19.3 Å². The second-order valence-corrected chi connectivity index (χ2v) is 6.12. The lowest BCUT2D eigenvalue weighted by atomic mass is 9.87. The predicted molar refractivity (Wildman–Crippen MR) is 69.4 cm³/mol. The van der Waals surface area contributed by atoms with E-state index in [1.54, 1.807) is 4.90 Å². The molecule has 2 N–H and O–H groups in total. The van der Waals surface area contributed by atoms with E-state index in [-0.39, 0.29) is 12.1 Å². The van der Waals surface area contributed by atoms with Gasteiger partial charge in [0.25, 0.3) is 0 Å². The average Bonchev–Trinajstić information content (AvgIpc) is 2.24. The van der Waals surface area contributed by atoms with Gasteiger partial charge in [-0.1, -0.05) is 20.8 Å². The van der Waals surface area contributed by atoms with Crippen molar-refractivity contribution >= 4 is 12.0 Å². The number of amides is 2. The van der Waals surface area contributed by atoms with Gasteiger partial charge in [0.05, 0.1) is 0 Å². The fraction of sp³-hybridized carbons (Fsp3) is 0.846. The molecule has 2 unspecified atom stereocenters. The van der Waals surface area contributed by atoms with Gasteiger partial charge in [0.1, 0.15) is 6.04 Å². The third-order valence-electron chi connectivity index (χ3n) is 3.44. The van der Waals surface area contributed by atoms with Crippen molar-refractivity contribution in [1.29, 1.82) is 0 Å². The minimum Gasteiger partial charge on any atom is -0.480 e. The minimum atomic E-state index is -0.986. The van der Waals surface area contributed by atoms with Crippen LogP contribution in [-0.2, 0) is 4.79 Å². The Balaban J connectivity index is 2.69. The molecule has 1 aliphatic rings. The maximum Gasteiger partial charge on any atom is 0.326 e. The number of nitrogens with one attached hydrogen (secondary N) is 1. The van der Waals surface area contributed by atoms with Crippen LogP contribution in [0, 0.1) is 5.41 Å². The van der Waals surface area contributed by atoms with Crippen LogP contribution in [0.25, 0.3) is 0 Å². The van der Waals surface area contributed by atoms with Crippen molar-refractivity contribution in [1.82, 2.24) is 10.2 Å². The second-order valence-electron chi connectivity index (χ2n) is 6.12. The van der Waals surface area contributed by atoms with Crippen LogP contribution >= 0.6 is 0 Å². The van der Waals surface area contributed by atoms with Crippen LogP contribution < -0.4 is 5.32 Å². The average molecular weight is 256 g/mol. The number of rotatable bonds is 2. The van der Waals surface area contributed by atoms with Gasteiger partial charge in [0.15, 0.2) is 0 Å². The molecular weight excluding hydrogens is 232 g/mol. The summed E-state index contributed by atoms with van der Waals surface area (Å²) in [5.74, 6) is -0.986. The van der Waals surface area contributed by atoms with Crippen molar-refractivity contribution in [3.05, 3.63) is 0 Å². The molecule has 1 saturated heterocycles. The number of piperidine rings is 1. The number of hydrogen-bond acceptors (Lipinski definition) is 2. The van der Waals surface area contributed by atoms with Crippen LogP contribution in [0.4, 0.5) is 4.79 Å². The van der Waals surface area contributed by atoms with Crippen molar-refractivity contribution in [3.63, 3.8) is 0 Å². The Hall–Kier alpha value is -1.26. The predicted octanol–water partition coefficient (Wildman–Crippen LogP) is 2.07. The first kappa shape index (κ1) is 14.8. The van der Waals surface area contributed by atoms with Crippen LogP contribution in [0.1, 0.15) is 47.0 Å². The third kappa shape index (κ3) is 3.62. The smallest absolute Gasteiger partial charge is 0.326 e. The third-order valence-corrected chi connectivity index (χ3v) is 3.44. The van der Waals surface area contributed by atoms with E-state index in [2.05, 4.69) is 5.32 Å². The topological polar surface area (TPSA) is 69.6 Å². The number of carboxylic acid groups (broad SMARTS) is 1. The molecule has 0 radical (unpaired) electrons. The van der Waals surface area contributed by atoms with Crippen LogP contribution in [0.3, 0.4) is 0 Å². The van der Waals surface area contributed by atoms with E-state index >= 15 is 0 Å². The van der Waals surface area contributed by atoms with Crippen molar-refractivity contribution in [2.24, 2.45) is 5.41 Å². The summed E-state index contributed by atoms with van der Waals surface area (Å²) < 4.78 is 0. The Bertz CT molecular complexity index is 323. The fourth-order valence-electron chi connectivity index (χ4n) is 2.25. The highest BCUT2D eigenvalue weighted by atomic mass is 16.4. The standard InChI is InChI=1S/C13H24N2O3/c1-9-7-5-6-8-15(9)12(18)14-10(11(16)17)13(2,3)4/h9-10H,5-8H2,1-4H3,(H,14,18)(H,16,17). The monoisotopic (exact) mass is 256 g/mol. The summed E-state index contributed by atoms with van der Waals surface area (Å²) in [6.45, 7) is 8.15. The van der Waals surface area contributed by atoms with E-state index < -0.39 is 17.4 Å². The molecule has 0 aromatic heterocycles. The molecule has 0 aromatic rings. The number of carboxylic acids is 1. The van der Waals surface area contributed by atoms with Gasteiger partial charge in [-0.2, -0.15) is 0 Å². The molecule has 0 aromatic carbocycles. The lowest BCUT2D eigenvalue weighted by Gasteiger charge is -2.36. The fourth-order valence-corrected chi connectivity index (χ4v) is 2.25. The molecular formula is C13H24N2O3. The largest absolute Gasteiger partial charge is 0.480 e. The van der Waals surface area contributed by atoms with Gasteiger partial charge in [-0.05, 0) is 31.6 Å². The van der Waals surface area contributed by atoms with Gasteiger partial charge in [0.2, 0.25) is 0 Å². The first-order valence-electron chi connectivity index (χ1n) is 6.53. The zero-order valence-corrected chi connectivity index (χ0v) is 11.7. The zero-order chi connectivity index (χ0) is 13.9. The highest BCUT2D eigenvalue weighted by Crippen LogP contribution is 2.21. The van der Waals surface area contributed by atoms with Crippen molar-refractivity contribution < 1.29 is 14.7 Å². The SMILES string of the molecule is CC1CCCCN1C(=O)NC(C(=O)O)C(C)(C)C.